The van der Waals surface area contributed by atoms with E-state index in [-0.39, 0.29) is 5.75 Å². The fourth-order valence-electron chi connectivity index (χ4n) is 2.36. The maximum atomic E-state index is 12.0. The second-order valence-corrected chi connectivity index (χ2v) is 6.38. The van der Waals surface area contributed by atoms with Gasteiger partial charge >= 0.3 is 0 Å². The molecule has 1 aromatic carbocycles. The quantitative estimate of drug-likeness (QED) is 0.816. The van der Waals surface area contributed by atoms with E-state index in [9.17, 15) is 9.32 Å². The van der Waals surface area contributed by atoms with Gasteiger partial charge in [0, 0.05) is 10.6 Å². The first-order chi connectivity index (χ1) is 7.50. The molecule has 1 aliphatic rings. The first-order valence-corrected chi connectivity index (χ1v) is 7.07. The van der Waals surface area contributed by atoms with E-state index in [0.29, 0.717) is 11.8 Å². The van der Waals surface area contributed by atoms with Crippen LogP contribution in [0.4, 0.5) is 0 Å². The van der Waals surface area contributed by atoms with Gasteiger partial charge in [0.25, 0.3) is 0 Å². The van der Waals surface area contributed by atoms with Crippen molar-refractivity contribution in [2.45, 2.75) is 43.9 Å². The van der Waals surface area contributed by atoms with Crippen molar-refractivity contribution < 1.29 is 9.32 Å². The van der Waals surface area contributed by atoms with Crippen LogP contribution in [0, 0.1) is 0 Å². The third-order valence-electron chi connectivity index (χ3n) is 3.26. The number of hydrogen-bond acceptors (Lipinski definition) is 2. The van der Waals surface area contributed by atoms with Crippen LogP contribution in [0.5, 0.6) is 5.75 Å². The third kappa shape index (κ3) is 1.88. The van der Waals surface area contributed by atoms with Gasteiger partial charge in [0.1, 0.15) is 5.75 Å². The summed E-state index contributed by atoms with van der Waals surface area (Å²) >= 11 is 0. The molecule has 0 saturated carbocycles. The van der Waals surface area contributed by atoms with Crippen molar-refractivity contribution in [1.29, 1.82) is 0 Å². The molecule has 2 rings (SSSR count). The Morgan fingerprint density at radius 2 is 2.12 bits per heavy atom. The van der Waals surface area contributed by atoms with Crippen LogP contribution in [-0.2, 0) is 10.8 Å². The van der Waals surface area contributed by atoms with Crippen molar-refractivity contribution in [2.75, 3.05) is 5.75 Å². The van der Waals surface area contributed by atoms with Crippen LogP contribution >= 0.6 is 0 Å². The maximum absolute atomic E-state index is 12.0. The summed E-state index contributed by atoms with van der Waals surface area (Å²) in [7, 11) is -0.933. The fourth-order valence-corrected chi connectivity index (χ4v) is 3.97. The molecule has 2 atom stereocenters. The standard InChI is InChI=1S/C13H18O2S/c1-8(2)11-6-10(14)7-12-13(11)9(3)4-5-16(12)15/h6-9,14H,4-5H2,1-3H3. The van der Waals surface area contributed by atoms with Gasteiger partial charge in [-0.1, -0.05) is 20.8 Å². The summed E-state index contributed by atoms with van der Waals surface area (Å²) < 4.78 is 12.0. The SMILES string of the molecule is CC(C)c1cc(O)cc2c1C(C)CCS2=O. The van der Waals surface area contributed by atoms with Gasteiger partial charge in [-0.15, -0.1) is 0 Å². The summed E-state index contributed by atoms with van der Waals surface area (Å²) in [6.07, 6.45) is 0.976. The lowest BCUT2D eigenvalue weighted by atomic mass is 9.88. The Morgan fingerprint density at radius 1 is 1.44 bits per heavy atom. The molecule has 0 aromatic heterocycles. The van der Waals surface area contributed by atoms with Crippen molar-refractivity contribution in [1.82, 2.24) is 0 Å². The number of rotatable bonds is 1. The second kappa shape index (κ2) is 4.21. The molecule has 2 nitrogen and oxygen atoms in total. The van der Waals surface area contributed by atoms with Crippen LogP contribution in [0.1, 0.15) is 50.2 Å². The molecule has 1 N–H and O–H groups in total. The number of benzene rings is 1. The van der Waals surface area contributed by atoms with Crippen molar-refractivity contribution in [3.05, 3.63) is 23.3 Å². The molecule has 2 unspecified atom stereocenters. The molecule has 88 valence electrons. The molecule has 16 heavy (non-hydrogen) atoms. The largest absolute Gasteiger partial charge is 0.508 e. The molecule has 0 fully saturated rings. The highest BCUT2D eigenvalue weighted by Crippen LogP contribution is 2.39. The number of phenols is 1. The van der Waals surface area contributed by atoms with Crippen LogP contribution in [0.3, 0.4) is 0 Å². The van der Waals surface area contributed by atoms with Gasteiger partial charge in [0.2, 0.25) is 0 Å². The van der Waals surface area contributed by atoms with E-state index in [1.165, 1.54) is 5.56 Å². The third-order valence-corrected chi connectivity index (χ3v) is 4.69. The van der Waals surface area contributed by atoms with Gasteiger partial charge in [0.15, 0.2) is 0 Å². The molecule has 0 bridgehead atoms. The Balaban J connectivity index is 2.68. The van der Waals surface area contributed by atoms with E-state index in [4.69, 9.17) is 0 Å². The van der Waals surface area contributed by atoms with Crippen molar-refractivity contribution >= 4 is 10.8 Å². The highest BCUT2D eigenvalue weighted by molar-refractivity contribution is 7.85. The monoisotopic (exact) mass is 238 g/mol. The fraction of sp³-hybridized carbons (Fsp3) is 0.538. The normalized spacial score (nSPS) is 24.5. The van der Waals surface area contributed by atoms with E-state index < -0.39 is 10.8 Å². The van der Waals surface area contributed by atoms with Crippen LogP contribution in [-0.4, -0.2) is 15.1 Å². The smallest absolute Gasteiger partial charge is 0.117 e. The molecule has 1 heterocycles. The summed E-state index contributed by atoms with van der Waals surface area (Å²) in [6.45, 7) is 6.40. The molecular weight excluding hydrogens is 220 g/mol. The topological polar surface area (TPSA) is 37.3 Å². The number of phenolic OH excluding ortho intramolecular Hbond substituents is 1. The minimum absolute atomic E-state index is 0.241. The average Bonchev–Trinajstić information content (AvgIpc) is 2.22. The molecule has 3 heteroatoms. The van der Waals surface area contributed by atoms with E-state index >= 15 is 0 Å². The molecule has 1 aliphatic heterocycles. The van der Waals surface area contributed by atoms with Crippen LogP contribution in [0.25, 0.3) is 0 Å². The van der Waals surface area contributed by atoms with E-state index in [0.717, 1.165) is 22.6 Å². The van der Waals surface area contributed by atoms with E-state index in [2.05, 4.69) is 20.8 Å². The van der Waals surface area contributed by atoms with Crippen molar-refractivity contribution in [3.63, 3.8) is 0 Å². The highest BCUT2D eigenvalue weighted by atomic mass is 32.2. The molecule has 0 aliphatic carbocycles. The number of hydrogen-bond donors (Lipinski definition) is 1. The zero-order valence-electron chi connectivity index (χ0n) is 9.99. The minimum atomic E-state index is -0.933. The summed E-state index contributed by atoms with van der Waals surface area (Å²) in [5, 5.41) is 9.69. The Labute approximate surface area is 99.1 Å². The summed E-state index contributed by atoms with van der Waals surface area (Å²) in [5.41, 5.74) is 2.35. The van der Waals surface area contributed by atoms with E-state index in [1.54, 1.807) is 6.07 Å². The predicted molar refractivity (Wildman–Crippen MR) is 66.5 cm³/mol. The Hall–Kier alpha value is -0.830. The van der Waals surface area contributed by atoms with Crippen LogP contribution in [0.15, 0.2) is 17.0 Å². The van der Waals surface area contributed by atoms with Gasteiger partial charge in [-0.05, 0) is 41.5 Å². The lowest BCUT2D eigenvalue weighted by molar-refractivity contribution is 0.470. The molecule has 1 aromatic rings. The second-order valence-electron chi connectivity index (χ2n) is 4.84. The Morgan fingerprint density at radius 3 is 2.75 bits per heavy atom. The molecule has 0 saturated heterocycles. The van der Waals surface area contributed by atoms with Gasteiger partial charge < -0.3 is 5.11 Å². The van der Waals surface area contributed by atoms with Crippen molar-refractivity contribution in [3.8, 4) is 5.75 Å². The van der Waals surface area contributed by atoms with Gasteiger partial charge in [-0.2, -0.15) is 0 Å². The minimum Gasteiger partial charge on any atom is -0.508 e. The van der Waals surface area contributed by atoms with Crippen molar-refractivity contribution in [2.24, 2.45) is 0 Å². The highest BCUT2D eigenvalue weighted by Gasteiger charge is 2.26. The molecular formula is C13H18O2S. The average molecular weight is 238 g/mol. The summed E-state index contributed by atoms with van der Waals surface area (Å²) in [5.74, 6) is 1.77. The lowest BCUT2D eigenvalue weighted by Gasteiger charge is -2.26. The van der Waals surface area contributed by atoms with Crippen LogP contribution < -0.4 is 0 Å². The van der Waals surface area contributed by atoms with Gasteiger partial charge in [0.05, 0.1) is 10.8 Å². The molecule has 0 spiro atoms. The lowest BCUT2D eigenvalue weighted by Crippen LogP contribution is -2.16. The predicted octanol–water partition coefficient (Wildman–Crippen LogP) is 3.13. The summed E-state index contributed by atoms with van der Waals surface area (Å²) in [4.78, 5) is 0.849. The zero-order chi connectivity index (χ0) is 11.9. The Kier molecular flexibility index (Phi) is 3.06. The molecule has 0 amide bonds. The first kappa shape index (κ1) is 11.6. The van der Waals surface area contributed by atoms with Gasteiger partial charge in [-0.3, -0.25) is 4.21 Å². The summed E-state index contributed by atoms with van der Waals surface area (Å²) in [6, 6.07) is 3.50. The maximum Gasteiger partial charge on any atom is 0.117 e. The Bertz CT molecular complexity index is 438. The van der Waals surface area contributed by atoms with Gasteiger partial charge in [-0.25, -0.2) is 0 Å². The number of aromatic hydroxyl groups is 1. The van der Waals surface area contributed by atoms with E-state index in [1.807, 2.05) is 6.07 Å². The first-order valence-electron chi connectivity index (χ1n) is 5.76. The number of fused-ring (bicyclic) bond motifs is 1. The molecule has 0 radical (unpaired) electrons. The van der Waals surface area contributed by atoms with Crippen LogP contribution in [0.2, 0.25) is 0 Å². The zero-order valence-corrected chi connectivity index (χ0v) is 10.8.